The van der Waals surface area contributed by atoms with E-state index in [4.69, 9.17) is 11.6 Å². The number of nitrogens with zero attached hydrogens (tertiary/aromatic N) is 1. The predicted octanol–water partition coefficient (Wildman–Crippen LogP) is 6.33. The molecule has 0 radical (unpaired) electrons. The van der Waals surface area contributed by atoms with Gasteiger partial charge in [0.2, 0.25) is 5.91 Å². The molecule has 2 aromatic carbocycles. The van der Waals surface area contributed by atoms with Gasteiger partial charge in [-0.3, -0.25) is 4.79 Å². The average molecular weight is 413 g/mol. The number of halogens is 1. The number of rotatable bonds is 7. The van der Waals surface area contributed by atoms with E-state index in [0.717, 1.165) is 28.3 Å². The second-order valence-electron chi connectivity index (χ2n) is 7.49. The monoisotopic (exact) mass is 412 g/mol. The lowest BCUT2D eigenvalue weighted by atomic mass is 9.96. The molecule has 0 aliphatic heterocycles. The molecule has 0 aliphatic rings. The molecule has 0 aliphatic carbocycles. The molecule has 3 nitrogen and oxygen atoms in total. The first-order chi connectivity index (χ1) is 13.4. The first kappa shape index (κ1) is 20.6. The Morgan fingerprint density at radius 3 is 2.32 bits per heavy atom. The Hall–Kier alpha value is -2.17. The molecular formula is C23H25ClN2OS. The molecule has 0 saturated carbocycles. The number of hydrogen-bond donors (Lipinski definition) is 1. The van der Waals surface area contributed by atoms with Crippen LogP contribution in [0.3, 0.4) is 0 Å². The first-order valence-corrected chi connectivity index (χ1v) is 10.7. The molecule has 146 valence electrons. The zero-order chi connectivity index (χ0) is 20.1. The third-order valence-electron chi connectivity index (χ3n) is 4.59. The molecule has 3 aromatic rings. The number of carbonyl (C=O) groups excluding carboxylic acids is 1. The number of amides is 1. The SMILES string of the molecule is CC(C)Cc1ccc([C@@H](C)C(=O)Nc2ncc(Cc3ccc(Cl)cc3)s2)cc1. The van der Waals surface area contributed by atoms with Gasteiger partial charge in [0.05, 0.1) is 5.92 Å². The standard InChI is InChI=1S/C23H25ClN2OS/c1-15(2)12-17-4-8-19(9-5-17)16(3)22(27)26-23-25-14-21(28-23)13-18-6-10-20(24)11-7-18/h4-11,14-16H,12-13H2,1-3H3,(H,25,26,27)/t16-/m1/s1. The molecule has 0 bridgehead atoms. The van der Waals surface area contributed by atoms with Crippen molar-refractivity contribution in [1.29, 1.82) is 0 Å². The first-order valence-electron chi connectivity index (χ1n) is 9.49. The Labute approximate surface area is 175 Å². The maximum atomic E-state index is 12.6. The molecular weight excluding hydrogens is 388 g/mol. The largest absolute Gasteiger partial charge is 0.301 e. The van der Waals surface area contributed by atoms with Gasteiger partial charge in [-0.1, -0.05) is 61.8 Å². The Balaban J connectivity index is 1.59. The van der Waals surface area contributed by atoms with E-state index in [-0.39, 0.29) is 11.8 Å². The molecule has 3 rings (SSSR count). The number of nitrogens with one attached hydrogen (secondary N) is 1. The Morgan fingerprint density at radius 2 is 1.68 bits per heavy atom. The van der Waals surface area contributed by atoms with Crippen molar-refractivity contribution in [3.05, 3.63) is 81.3 Å². The highest BCUT2D eigenvalue weighted by molar-refractivity contribution is 7.15. The van der Waals surface area contributed by atoms with Crippen LogP contribution in [0.1, 0.15) is 48.3 Å². The molecule has 1 amide bonds. The van der Waals surface area contributed by atoms with Gasteiger partial charge in [0, 0.05) is 22.5 Å². The average Bonchev–Trinajstić information content (AvgIpc) is 3.10. The fourth-order valence-electron chi connectivity index (χ4n) is 3.03. The maximum absolute atomic E-state index is 12.6. The zero-order valence-corrected chi connectivity index (χ0v) is 18.0. The van der Waals surface area contributed by atoms with Gasteiger partial charge in [-0.2, -0.15) is 0 Å². The Bertz CT molecular complexity index is 917. The minimum Gasteiger partial charge on any atom is -0.301 e. The van der Waals surface area contributed by atoms with Crippen LogP contribution in [-0.2, 0) is 17.6 Å². The van der Waals surface area contributed by atoms with Crippen LogP contribution in [0.2, 0.25) is 5.02 Å². The van der Waals surface area contributed by atoms with Crippen molar-refractivity contribution < 1.29 is 4.79 Å². The minimum absolute atomic E-state index is 0.0380. The van der Waals surface area contributed by atoms with Gasteiger partial charge >= 0.3 is 0 Å². The molecule has 1 heterocycles. The lowest BCUT2D eigenvalue weighted by Gasteiger charge is -2.12. The summed E-state index contributed by atoms with van der Waals surface area (Å²) in [6, 6.07) is 16.1. The van der Waals surface area contributed by atoms with Crippen LogP contribution in [0.15, 0.2) is 54.7 Å². The van der Waals surface area contributed by atoms with Gasteiger partial charge in [-0.15, -0.1) is 11.3 Å². The molecule has 0 spiro atoms. The van der Waals surface area contributed by atoms with E-state index in [1.807, 2.05) is 37.4 Å². The normalized spacial score (nSPS) is 12.2. The van der Waals surface area contributed by atoms with Crippen molar-refractivity contribution in [2.75, 3.05) is 5.32 Å². The third kappa shape index (κ3) is 5.66. The van der Waals surface area contributed by atoms with Crippen LogP contribution in [0.5, 0.6) is 0 Å². The summed E-state index contributed by atoms with van der Waals surface area (Å²) >= 11 is 7.44. The van der Waals surface area contributed by atoms with Crippen molar-refractivity contribution >= 4 is 34.0 Å². The summed E-state index contributed by atoms with van der Waals surface area (Å²) < 4.78 is 0. The van der Waals surface area contributed by atoms with E-state index in [0.29, 0.717) is 11.0 Å². The lowest BCUT2D eigenvalue weighted by molar-refractivity contribution is -0.117. The quantitative estimate of drug-likeness (QED) is 0.492. The van der Waals surface area contributed by atoms with Gasteiger partial charge in [0.1, 0.15) is 0 Å². The smallest absolute Gasteiger partial charge is 0.233 e. The van der Waals surface area contributed by atoms with E-state index in [1.165, 1.54) is 22.5 Å². The molecule has 0 saturated heterocycles. The van der Waals surface area contributed by atoms with Gasteiger partial charge in [-0.05, 0) is 48.1 Å². The summed E-state index contributed by atoms with van der Waals surface area (Å²) in [5.41, 5.74) is 3.49. The number of anilines is 1. The van der Waals surface area contributed by atoms with Gasteiger partial charge in [-0.25, -0.2) is 4.98 Å². The number of aromatic nitrogens is 1. The highest BCUT2D eigenvalue weighted by Gasteiger charge is 2.17. The van der Waals surface area contributed by atoms with Crippen molar-refractivity contribution in [2.24, 2.45) is 5.92 Å². The topological polar surface area (TPSA) is 42.0 Å². The van der Waals surface area contributed by atoms with Crippen LogP contribution in [0, 0.1) is 5.92 Å². The van der Waals surface area contributed by atoms with E-state index >= 15 is 0 Å². The second kappa shape index (κ2) is 9.35. The summed E-state index contributed by atoms with van der Waals surface area (Å²) in [6.45, 7) is 6.34. The summed E-state index contributed by atoms with van der Waals surface area (Å²) in [7, 11) is 0. The van der Waals surface area contributed by atoms with Crippen molar-refractivity contribution in [2.45, 2.75) is 39.5 Å². The fourth-order valence-corrected chi connectivity index (χ4v) is 4.00. The predicted molar refractivity (Wildman–Crippen MR) is 118 cm³/mol. The third-order valence-corrected chi connectivity index (χ3v) is 5.76. The molecule has 1 aromatic heterocycles. The van der Waals surface area contributed by atoms with Gasteiger partial charge in [0.25, 0.3) is 0 Å². The van der Waals surface area contributed by atoms with Gasteiger partial charge in [0.15, 0.2) is 5.13 Å². The van der Waals surface area contributed by atoms with Crippen LogP contribution in [0.25, 0.3) is 0 Å². The summed E-state index contributed by atoms with van der Waals surface area (Å²) in [6.07, 6.45) is 3.65. The molecule has 1 N–H and O–H groups in total. The molecule has 28 heavy (non-hydrogen) atoms. The molecule has 1 atom stereocenters. The van der Waals surface area contributed by atoms with E-state index in [1.54, 1.807) is 0 Å². The van der Waals surface area contributed by atoms with Crippen molar-refractivity contribution in [3.8, 4) is 0 Å². The van der Waals surface area contributed by atoms with Crippen LogP contribution < -0.4 is 5.32 Å². The van der Waals surface area contributed by atoms with Crippen molar-refractivity contribution in [3.63, 3.8) is 0 Å². The van der Waals surface area contributed by atoms with Crippen LogP contribution in [-0.4, -0.2) is 10.9 Å². The molecule has 5 heteroatoms. The van der Waals surface area contributed by atoms with E-state index in [2.05, 4.69) is 48.4 Å². The van der Waals surface area contributed by atoms with Crippen molar-refractivity contribution in [1.82, 2.24) is 4.98 Å². The van der Waals surface area contributed by atoms with E-state index in [9.17, 15) is 4.79 Å². The molecule has 0 unspecified atom stereocenters. The highest BCUT2D eigenvalue weighted by Crippen LogP contribution is 2.24. The number of thiazole rings is 1. The summed E-state index contributed by atoms with van der Waals surface area (Å²) in [5.74, 6) is 0.360. The summed E-state index contributed by atoms with van der Waals surface area (Å²) in [4.78, 5) is 18.1. The summed E-state index contributed by atoms with van der Waals surface area (Å²) in [5, 5.41) is 4.31. The highest BCUT2D eigenvalue weighted by atomic mass is 35.5. The Kier molecular flexibility index (Phi) is 6.87. The maximum Gasteiger partial charge on any atom is 0.233 e. The number of hydrogen-bond acceptors (Lipinski definition) is 3. The van der Waals surface area contributed by atoms with Crippen LogP contribution >= 0.6 is 22.9 Å². The minimum atomic E-state index is -0.225. The van der Waals surface area contributed by atoms with Gasteiger partial charge < -0.3 is 5.32 Å². The number of benzene rings is 2. The second-order valence-corrected chi connectivity index (χ2v) is 9.04. The molecule has 0 fully saturated rings. The zero-order valence-electron chi connectivity index (χ0n) is 16.4. The van der Waals surface area contributed by atoms with E-state index < -0.39 is 0 Å². The fraction of sp³-hybridized carbons (Fsp3) is 0.304. The lowest BCUT2D eigenvalue weighted by Crippen LogP contribution is -2.18. The Morgan fingerprint density at radius 1 is 1.04 bits per heavy atom. The van der Waals surface area contributed by atoms with Crippen LogP contribution in [0.4, 0.5) is 5.13 Å². The number of carbonyl (C=O) groups is 1.